The Labute approximate surface area is 123 Å². The molecule has 1 atom stereocenters. The van der Waals surface area contributed by atoms with Crippen molar-refractivity contribution in [3.63, 3.8) is 0 Å². The molecule has 0 aromatic rings. The van der Waals surface area contributed by atoms with Crippen LogP contribution in [0.2, 0.25) is 32.7 Å². The minimum atomic E-state index is -1.16. The summed E-state index contributed by atoms with van der Waals surface area (Å²) in [7, 11) is -1.89. The molecule has 0 aromatic carbocycles. The van der Waals surface area contributed by atoms with Gasteiger partial charge in [-0.3, -0.25) is 0 Å². The minimum absolute atomic E-state index is 0.702. The van der Waals surface area contributed by atoms with Gasteiger partial charge in [-0.1, -0.05) is 17.7 Å². The molecule has 114 valence electrons. The summed E-state index contributed by atoms with van der Waals surface area (Å²) in [6.45, 7) is 20.6. The highest BCUT2D eigenvalue weighted by molar-refractivity contribution is 6.76. The van der Waals surface area contributed by atoms with Crippen molar-refractivity contribution < 1.29 is 9.22 Å². The molecule has 0 saturated carbocycles. The monoisotopic (exact) mass is 302 g/mol. The van der Waals surface area contributed by atoms with Crippen molar-refractivity contribution in [3.05, 3.63) is 24.3 Å². The molecule has 0 bridgehead atoms. The topological polar surface area (TPSA) is 29.5 Å². The Hall–Kier alpha value is -0.166. The van der Waals surface area contributed by atoms with Crippen molar-refractivity contribution in [2.75, 3.05) is 0 Å². The summed E-state index contributed by atoms with van der Waals surface area (Å²) in [5, 5.41) is 9.49. The van der Waals surface area contributed by atoms with Crippen LogP contribution in [0.25, 0.3) is 0 Å². The lowest BCUT2D eigenvalue weighted by Crippen LogP contribution is -2.31. The van der Waals surface area contributed by atoms with Crippen LogP contribution in [-0.4, -0.2) is 28.1 Å². The summed E-state index contributed by atoms with van der Waals surface area (Å²) < 4.78 is 5.72. The van der Waals surface area contributed by atoms with Gasteiger partial charge in [-0.05, 0) is 66.3 Å². The van der Waals surface area contributed by atoms with E-state index in [4.69, 9.17) is 4.12 Å². The number of rotatable bonds is 6. The molecular weight excluding hydrogens is 268 g/mol. The van der Waals surface area contributed by atoms with Gasteiger partial charge < -0.3 is 9.22 Å². The first-order chi connectivity index (χ1) is 8.39. The van der Waals surface area contributed by atoms with Crippen LogP contribution in [-0.2, 0) is 4.12 Å². The second-order valence-electron chi connectivity index (χ2n) is 6.66. The smallest absolute Gasteiger partial charge is 0.170 e. The van der Waals surface area contributed by atoms with Crippen molar-refractivity contribution in [2.45, 2.75) is 71.9 Å². The molecule has 0 fully saturated rings. The van der Waals surface area contributed by atoms with E-state index in [1.165, 1.54) is 5.57 Å². The van der Waals surface area contributed by atoms with Crippen molar-refractivity contribution >= 4 is 17.4 Å². The zero-order chi connectivity index (χ0) is 15.7. The third-order valence-corrected chi connectivity index (χ3v) is 6.95. The first-order valence-electron chi connectivity index (χ1n) is 7.07. The molecule has 2 nitrogen and oxygen atoms in total. The fourth-order valence-electron chi connectivity index (χ4n) is 1.46. The fraction of sp³-hybridized carbons (Fsp3) is 0.733. The maximum Gasteiger partial charge on any atom is 0.170 e. The van der Waals surface area contributed by atoms with Crippen LogP contribution in [0, 0.1) is 0 Å². The second-order valence-corrected chi connectivity index (χ2v) is 13.9. The van der Waals surface area contributed by atoms with Crippen molar-refractivity contribution in [1.82, 2.24) is 0 Å². The molecule has 0 aliphatic carbocycles. The van der Waals surface area contributed by atoms with E-state index >= 15 is 0 Å². The normalized spacial score (nSPS) is 14.2. The molecule has 1 N–H and O–H groups in total. The van der Waals surface area contributed by atoms with Gasteiger partial charge in [0.2, 0.25) is 0 Å². The molecular formula is C15H34O2Si2. The molecule has 4 heteroatoms. The van der Waals surface area contributed by atoms with Gasteiger partial charge in [0, 0.05) is 0 Å². The second kappa shape index (κ2) is 9.69. The summed E-state index contributed by atoms with van der Waals surface area (Å²) in [5.74, 6) is 0. The van der Waals surface area contributed by atoms with Crippen molar-refractivity contribution in [2.24, 2.45) is 0 Å². The largest absolute Gasteiger partial charge is 0.458 e. The quantitative estimate of drug-likeness (QED) is 0.578. The van der Waals surface area contributed by atoms with Gasteiger partial charge in [0.15, 0.2) is 17.4 Å². The summed E-state index contributed by atoms with van der Waals surface area (Å²) in [6, 6.07) is 0. The van der Waals surface area contributed by atoms with Gasteiger partial charge in [-0.15, -0.1) is 6.58 Å². The van der Waals surface area contributed by atoms with Crippen LogP contribution in [0.3, 0.4) is 0 Å². The number of hydrogen-bond donors (Lipinski definition) is 1. The third-order valence-electron chi connectivity index (χ3n) is 2.23. The van der Waals surface area contributed by atoms with Crippen LogP contribution in [0.4, 0.5) is 0 Å². The Morgan fingerprint density at radius 2 is 1.79 bits per heavy atom. The van der Waals surface area contributed by atoms with Crippen LogP contribution in [0.15, 0.2) is 24.3 Å². The minimum Gasteiger partial charge on any atom is -0.458 e. The zero-order valence-corrected chi connectivity index (χ0v) is 16.4. The lowest BCUT2D eigenvalue weighted by molar-refractivity contribution is 0.103. The van der Waals surface area contributed by atoms with Crippen LogP contribution in [0.1, 0.15) is 33.6 Å². The Kier molecular flexibility index (Phi) is 10.8. The van der Waals surface area contributed by atoms with Gasteiger partial charge in [-0.25, -0.2) is 0 Å². The van der Waals surface area contributed by atoms with E-state index in [2.05, 4.69) is 59.2 Å². The molecule has 0 rings (SSSR count). The lowest BCUT2D eigenvalue weighted by atomic mass is 10.00. The lowest BCUT2D eigenvalue weighted by Gasteiger charge is -2.19. The molecule has 0 amide bonds. The van der Waals surface area contributed by atoms with E-state index in [1.54, 1.807) is 13.0 Å². The Balaban J connectivity index is 0. The summed E-state index contributed by atoms with van der Waals surface area (Å²) in [4.78, 5) is 0. The molecule has 0 spiro atoms. The van der Waals surface area contributed by atoms with Gasteiger partial charge in [0.25, 0.3) is 0 Å². The standard InChI is InChI=1S/C10H18O.C5H16OSi2/c1-5-10(4,11)8-6-7-9(2)3;1-7(2)6-8(3,4)5/h5,7,11H,1,6,8H2,2-4H3;7H,1-5H3. The van der Waals surface area contributed by atoms with E-state index in [0.29, 0.717) is 0 Å². The molecule has 0 heterocycles. The molecule has 0 aromatic heterocycles. The molecule has 0 saturated heterocycles. The molecule has 1 unspecified atom stereocenters. The van der Waals surface area contributed by atoms with Crippen LogP contribution < -0.4 is 0 Å². The fourth-order valence-corrected chi connectivity index (χ4v) is 7.12. The summed E-state index contributed by atoms with van der Waals surface area (Å²) >= 11 is 0. The van der Waals surface area contributed by atoms with Crippen molar-refractivity contribution in [3.8, 4) is 0 Å². The third kappa shape index (κ3) is 20.3. The van der Waals surface area contributed by atoms with Gasteiger partial charge in [0.1, 0.15) is 0 Å². The maximum atomic E-state index is 9.49. The highest BCUT2D eigenvalue weighted by Gasteiger charge is 2.15. The number of aliphatic hydroxyl groups is 1. The van der Waals surface area contributed by atoms with E-state index in [9.17, 15) is 5.11 Å². The summed E-state index contributed by atoms with van der Waals surface area (Å²) in [6.07, 6.45) is 5.38. The molecule has 0 radical (unpaired) electrons. The Morgan fingerprint density at radius 3 is 2.00 bits per heavy atom. The SMILES string of the molecule is C=CC(C)(O)CCC=C(C)C.C[SiH](C)O[Si](C)(C)C. The van der Waals surface area contributed by atoms with Gasteiger partial charge in [0.05, 0.1) is 5.60 Å². The molecule has 19 heavy (non-hydrogen) atoms. The molecule has 0 aliphatic rings. The Morgan fingerprint density at radius 1 is 1.32 bits per heavy atom. The highest BCUT2D eigenvalue weighted by atomic mass is 28.4. The predicted octanol–water partition coefficient (Wildman–Crippen LogP) is 4.49. The number of hydrogen-bond acceptors (Lipinski definition) is 2. The van der Waals surface area contributed by atoms with E-state index < -0.39 is 23.0 Å². The average molecular weight is 303 g/mol. The maximum absolute atomic E-state index is 9.49. The van der Waals surface area contributed by atoms with Gasteiger partial charge >= 0.3 is 0 Å². The van der Waals surface area contributed by atoms with Crippen LogP contribution in [0.5, 0.6) is 0 Å². The van der Waals surface area contributed by atoms with Crippen LogP contribution >= 0.6 is 0 Å². The van der Waals surface area contributed by atoms with Crippen molar-refractivity contribution in [1.29, 1.82) is 0 Å². The predicted molar refractivity (Wildman–Crippen MR) is 92.8 cm³/mol. The van der Waals surface area contributed by atoms with Gasteiger partial charge in [-0.2, -0.15) is 0 Å². The summed E-state index contributed by atoms with van der Waals surface area (Å²) in [5.41, 5.74) is 0.594. The first-order valence-corrected chi connectivity index (χ1v) is 13.3. The highest BCUT2D eigenvalue weighted by Crippen LogP contribution is 2.13. The zero-order valence-electron chi connectivity index (χ0n) is 14.2. The van der Waals surface area contributed by atoms with E-state index in [0.717, 1.165) is 12.8 Å². The first kappa shape index (κ1) is 21.1. The average Bonchev–Trinajstić information content (AvgIpc) is 2.13. The number of allylic oxidation sites excluding steroid dienone is 2. The van der Waals surface area contributed by atoms with E-state index in [1.807, 2.05) is 0 Å². The molecule has 0 aliphatic heterocycles. The van der Waals surface area contributed by atoms with E-state index in [-0.39, 0.29) is 0 Å². The Bertz CT molecular complexity index is 272.